The summed E-state index contributed by atoms with van der Waals surface area (Å²) in [5.41, 5.74) is 0.601. The summed E-state index contributed by atoms with van der Waals surface area (Å²) in [5.74, 6) is 0. The Hall–Kier alpha value is -0.0800. The highest BCUT2D eigenvalue weighted by molar-refractivity contribution is 4.94. The minimum Gasteiger partial charge on any atom is -0.396 e. The van der Waals surface area contributed by atoms with Gasteiger partial charge < -0.3 is 5.11 Å². The van der Waals surface area contributed by atoms with Gasteiger partial charge >= 0.3 is 0 Å². The molecule has 1 N–H and O–H groups in total. The zero-order chi connectivity index (χ0) is 9.90. The van der Waals surface area contributed by atoms with Crippen LogP contribution in [0.15, 0.2) is 0 Å². The zero-order valence-electron chi connectivity index (χ0n) is 9.21. The summed E-state index contributed by atoms with van der Waals surface area (Å²) in [5, 5.41) is 8.82. The van der Waals surface area contributed by atoms with Crippen LogP contribution in [0.1, 0.15) is 40.0 Å². The zero-order valence-corrected chi connectivity index (χ0v) is 9.21. The maximum atomic E-state index is 8.82. The van der Waals surface area contributed by atoms with Crippen molar-refractivity contribution in [2.75, 3.05) is 19.7 Å². The van der Waals surface area contributed by atoms with Crippen molar-refractivity contribution in [2.45, 2.75) is 46.1 Å². The fourth-order valence-electron chi connectivity index (χ4n) is 2.19. The molecule has 78 valence electrons. The molecule has 0 aromatic heterocycles. The number of hydrogen-bond donors (Lipinski definition) is 1. The van der Waals surface area contributed by atoms with Gasteiger partial charge in [-0.05, 0) is 31.6 Å². The second-order valence-electron chi connectivity index (χ2n) is 4.47. The number of aliphatic hydroxyl groups is 1. The van der Waals surface area contributed by atoms with Gasteiger partial charge in [-0.15, -0.1) is 0 Å². The lowest BCUT2D eigenvalue weighted by molar-refractivity contribution is -0.0372. The van der Waals surface area contributed by atoms with Gasteiger partial charge in [0.15, 0.2) is 0 Å². The Balaban J connectivity index is 2.30. The van der Waals surface area contributed by atoms with Crippen molar-refractivity contribution in [2.24, 2.45) is 5.41 Å². The summed E-state index contributed by atoms with van der Waals surface area (Å²) < 4.78 is 0. The third-order valence-electron chi connectivity index (χ3n) is 3.75. The molecule has 0 radical (unpaired) electrons. The minimum absolute atomic E-state index is 0.322. The van der Waals surface area contributed by atoms with Crippen LogP contribution in [0.2, 0.25) is 0 Å². The van der Waals surface area contributed by atoms with Crippen LogP contribution in [-0.2, 0) is 0 Å². The summed E-state index contributed by atoms with van der Waals surface area (Å²) in [7, 11) is 0. The molecule has 1 unspecified atom stereocenters. The van der Waals surface area contributed by atoms with Crippen molar-refractivity contribution in [3.63, 3.8) is 0 Å². The first-order chi connectivity index (χ1) is 6.17. The summed E-state index contributed by atoms with van der Waals surface area (Å²) in [4.78, 5) is 2.49. The fraction of sp³-hybridized carbons (Fsp3) is 1.00. The molecule has 1 heterocycles. The molecule has 1 atom stereocenters. The van der Waals surface area contributed by atoms with E-state index in [1.54, 1.807) is 0 Å². The van der Waals surface area contributed by atoms with Gasteiger partial charge in [-0.25, -0.2) is 0 Å². The molecule has 0 spiro atoms. The lowest BCUT2D eigenvalue weighted by Crippen LogP contribution is -2.58. The molecule has 1 rings (SSSR count). The smallest absolute Gasteiger partial charge is 0.0445 e. The van der Waals surface area contributed by atoms with E-state index in [-0.39, 0.29) is 0 Å². The number of hydrogen-bond acceptors (Lipinski definition) is 2. The van der Waals surface area contributed by atoms with Gasteiger partial charge in [-0.2, -0.15) is 0 Å². The first kappa shape index (κ1) is 11.0. The lowest BCUT2D eigenvalue weighted by atomic mass is 9.74. The molecule has 0 saturated carbocycles. The highest BCUT2D eigenvalue weighted by atomic mass is 16.3. The van der Waals surface area contributed by atoms with E-state index >= 15 is 0 Å². The molecule has 0 bridgehead atoms. The Bertz CT molecular complexity index is 146. The predicted octanol–water partition coefficient (Wildman–Crippen LogP) is 1.88. The molecule has 2 nitrogen and oxygen atoms in total. The Morgan fingerprint density at radius 3 is 2.23 bits per heavy atom. The standard InChI is InChI=1S/C11H23NO/c1-4-11(5-2)8-12(9-11)10(3)6-7-13/h10,13H,4-9H2,1-3H3. The second-order valence-corrected chi connectivity index (χ2v) is 4.47. The van der Waals surface area contributed by atoms with E-state index in [9.17, 15) is 0 Å². The van der Waals surface area contributed by atoms with Crippen LogP contribution in [0.3, 0.4) is 0 Å². The molecule has 1 aliphatic rings. The van der Waals surface area contributed by atoms with Crippen LogP contribution >= 0.6 is 0 Å². The van der Waals surface area contributed by atoms with Crippen molar-refractivity contribution in [1.29, 1.82) is 0 Å². The molecule has 0 aliphatic carbocycles. The monoisotopic (exact) mass is 185 g/mol. The summed E-state index contributed by atoms with van der Waals surface area (Å²) in [6, 6.07) is 0.566. The molecule has 2 heteroatoms. The fourth-order valence-corrected chi connectivity index (χ4v) is 2.19. The Morgan fingerprint density at radius 1 is 1.31 bits per heavy atom. The van der Waals surface area contributed by atoms with Gasteiger partial charge in [-0.1, -0.05) is 13.8 Å². The van der Waals surface area contributed by atoms with Crippen molar-refractivity contribution < 1.29 is 5.11 Å². The number of nitrogens with zero attached hydrogens (tertiary/aromatic N) is 1. The van der Waals surface area contributed by atoms with E-state index in [0.717, 1.165) is 6.42 Å². The number of likely N-dealkylation sites (tertiary alicyclic amines) is 1. The molecule has 0 amide bonds. The Morgan fingerprint density at radius 2 is 1.85 bits per heavy atom. The van der Waals surface area contributed by atoms with E-state index in [1.807, 2.05) is 0 Å². The minimum atomic E-state index is 0.322. The third kappa shape index (κ3) is 2.23. The van der Waals surface area contributed by atoms with Crippen LogP contribution in [0.5, 0.6) is 0 Å². The van der Waals surface area contributed by atoms with Crippen LogP contribution in [0.25, 0.3) is 0 Å². The second kappa shape index (κ2) is 4.43. The maximum absolute atomic E-state index is 8.82. The summed E-state index contributed by atoms with van der Waals surface area (Å²) >= 11 is 0. The number of aliphatic hydroxyl groups excluding tert-OH is 1. The topological polar surface area (TPSA) is 23.5 Å². The van der Waals surface area contributed by atoms with Gasteiger partial charge in [0.25, 0.3) is 0 Å². The Kier molecular flexibility index (Phi) is 3.74. The van der Waals surface area contributed by atoms with Crippen LogP contribution in [-0.4, -0.2) is 35.7 Å². The van der Waals surface area contributed by atoms with Crippen molar-refractivity contribution >= 4 is 0 Å². The van der Waals surface area contributed by atoms with E-state index in [4.69, 9.17) is 5.11 Å². The highest BCUT2D eigenvalue weighted by Gasteiger charge is 2.41. The highest BCUT2D eigenvalue weighted by Crippen LogP contribution is 2.38. The van der Waals surface area contributed by atoms with Gasteiger partial charge in [-0.3, -0.25) is 4.90 Å². The van der Waals surface area contributed by atoms with Gasteiger partial charge in [0.1, 0.15) is 0 Å². The third-order valence-corrected chi connectivity index (χ3v) is 3.75. The molecule has 1 fully saturated rings. The van der Waals surface area contributed by atoms with E-state index in [2.05, 4.69) is 25.7 Å². The van der Waals surface area contributed by atoms with Crippen molar-refractivity contribution in [3.8, 4) is 0 Å². The molecule has 0 aromatic carbocycles. The van der Waals surface area contributed by atoms with Crippen LogP contribution in [0.4, 0.5) is 0 Å². The molecular weight excluding hydrogens is 162 g/mol. The Labute approximate surface area is 81.9 Å². The van der Waals surface area contributed by atoms with Gasteiger partial charge in [0.2, 0.25) is 0 Å². The van der Waals surface area contributed by atoms with E-state index in [0.29, 0.717) is 18.1 Å². The first-order valence-corrected chi connectivity index (χ1v) is 5.52. The molecule has 0 aromatic rings. The number of rotatable bonds is 5. The predicted molar refractivity (Wildman–Crippen MR) is 55.8 cm³/mol. The van der Waals surface area contributed by atoms with Crippen LogP contribution in [0, 0.1) is 5.41 Å². The SMILES string of the molecule is CCC1(CC)CN(C(C)CCO)C1. The van der Waals surface area contributed by atoms with Crippen molar-refractivity contribution in [3.05, 3.63) is 0 Å². The molecule has 1 aliphatic heterocycles. The average Bonchev–Trinajstić information content (AvgIpc) is 2.05. The maximum Gasteiger partial charge on any atom is 0.0445 e. The largest absolute Gasteiger partial charge is 0.396 e. The molecule has 1 saturated heterocycles. The van der Waals surface area contributed by atoms with Gasteiger partial charge in [0.05, 0.1) is 0 Å². The van der Waals surface area contributed by atoms with Crippen molar-refractivity contribution in [1.82, 2.24) is 4.90 Å². The first-order valence-electron chi connectivity index (χ1n) is 5.52. The normalized spacial score (nSPS) is 24.0. The van der Waals surface area contributed by atoms with Crippen LogP contribution < -0.4 is 0 Å². The lowest BCUT2D eigenvalue weighted by Gasteiger charge is -2.52. The summed E-state index contributed by atoms with van der Waals surface area (Å²) in [6.45, 7) is 9.59. The summed E-state index contributed by atoms with van der Waals surface area (Å²) in [6.07, 6.45) is 3.52. The molecule has 13 heavy (non-hydrogen) atoms. The quantitative estimate of drug-likeness (QED) is 0.707. The van der Waals surface area contributed by atoms with E-state index in [1.165, 1.54) is 25.9 Å². The molecular formula is C11H23NO. The van der Waals surface area contributed by atoms with Gasteiger partial charge in [0, 0.05) is 25.7 Å². The average molecular weight is 185 g/mol. The van der Waals surface area contributed by atoms with E-state index < -0.39 is 0 Å².